The second-order valence-corrected chi connectivity index (χ2v) is 6.13. The smallest absolute Gasteiger partial charge is 0.265 e. The van der Waals surface area contributed by atoms with Gasteiger partial charge in [-0.2, -0.15) is 0 Å². The summed E-state index contributed by atoms with van der Waals surface area (Å²) in [6, 6.07) is 13.2. The van der Waals surface area contributed by atoms with Crippen LogP contribution in [-0.4, -0.2) is 32.1 Å². The van der Waals surface area contributed by atoms with Crippen LogP contribution in [0.3, 0.4) is 0 Å². The van der Waals surface area contributed by atoms with Gasteiger partial charge in [-0.05, 0) is 36.2 Å². The third kappa shape index (κ3) is 3.96. The van der Waals surface area contributed by atoms with Crippen molar-refractivity contribution in [1.29, 1.82) is 0 Å². The highest BCUT2D eigenvalue weighted by Crippen LogP contribution is 2.31. The zero-order valence-electron chi connectivity index (χ0n) is 15.0. The minimum Gasteiger partial charge on any atom is -0.496 e. The van der Waals surface area contributed by atoms with E-state index in [-0.39, 0.29) is 24.8 Å². The molecule has 2 aromatic carbocycles. The van der Waals surface area contributed by atoms with Gasteiger partial charge >= 0.3 is 0 Å². The van der Waals surface area contributed by atoms with Crippen LogP contribution in [-0.2, 0) is 16.1 Å². The minimum absolute atomic E-state index is 0.00178. The first kappa shape index (κ1) is 17.8. The van der Waals surface area contributed by atoms with Crippen LogP contribution < -0.4 is 19.7 Å². The van der Waals surface area contributed by atoms with E-state index in [0.717, 1.165) is 16.9 Å². The van der Waals surface area contributed by atoms with E-state index in [0.29, 0.717) is 24.5 Å². The van der Waals surface area contributed by atoms with E-state index in [1.54, 1.807) is 12.0 Å². The summed E-state index contributed by atoms with van der Waals surface area (Å²) in [5, 5.41) is 2.88. The van der Waals surface area contributed by atoms with E-state index < -0.39 is 0 Å². The highest BCUT2D eigenvalue weighted by atomic mass is 16.5. The molecule has 0 bridgehead atoms. The molecule has 0 fully saturated rings. The molecule has 26 heavy (non-hydrogen) atoms. The molecule has 0 unspecified atom stereocenters. The fourth-order valence-electron chi connectivity index (χ4n) is 2.88. The van der Waals surface area contributed by atoms with Crippen LogP contribution in [0, 0.1) is 6.92 Å². The van der Waals surface area contributed by atoms with Gasteiger partial charge in [0.25, 0.3) is 5.91 Å². The largest absolute Gasteiger partial charge is 0.496 e. The number of para-hydroxylation sites is 2. The van der Waals surface area contributed by atoms with Crippen molar-refractivity contribution >= 4 is 17.5 Å². The highest BCUT2D eigenvalue weighted by molar-refractivity contribution is 5.98. The van der Waals surface area contributed by atoms with E-state index in [1.807, 2.05) is 49.4 Å². The predicted octanol–water partition coefficient (Wildman–Crippen LogP) is 2.44. The first-order valence-corrected chi connectivity index (χ1v) is 8.51. The molecule has 0 radical (unpaired) electrons. The molecule has 0 saturated carbocycles. The number of nitrogens with one attached hydrogen (secondary N) is 1. The summed E-state index contributed by atoms with van der Waals surface area (Å²) in [6.45, 7) is 2.71. The maximum atomic E-state index is 12.2. The maximum Gasteiger partial charge on any atom is 0.265 e. The standard InChI is InChI=1S/C20H22N2O4/c1-14-7-8-15(11-18(14)25-2)12-21-19(23)9-10-22-16-5-3-4-6-17(16)26-13-20(22)24/h3-8,11H,9-10,12-13H2,1-2H3,(H,21,23). The van der Waals surface area contributed by atoms with E-state index in [4.69, 9.17) is 9.47 Å². The zero-order valence-corrected chi connectivity index (χ0v) is 15.0. The molecule has 1 heterocycles. The Hall–Kier alpha value is -3.02. The van der Waals surface area contributed by atoms with Crippen molar-refractivity contribution in [2.24, 2.45) is 0 Å². The molecule has 6 heteroatoms. The molecule has 1 aliphatic rings. The van der Waals surface area contributed by atoms with Crippen molar-refractivity contribution in [3.05, 3.63) is 53.6 Å². The first-order valence-electron chi connectivity index (χ1n) is 8.51. The van der Waals surface area contributed by atoms with Crippen molar-refractivity contribution in [2.45, 2.75) is 19.9 Å². The average molecular weight is 354 g/mol. The number of nitrogens with zero attached hydrogens (tertiary/aromatic N) is 1. The topological polar surface area (TPSA) is 67.9 Å². The molecule has 0 atom stereocenters. The number of rotatable bonds is 6. The third-order valence-corrected chi connectivity index (χ3v) is 4.33. The normalized spacial score (nSPS) is 13.0. The number of carbonyl (C=O) groups excluding carboxylic acids is 2. The van der Waals surface area contributed by atoms with Gasteiger partial charge in [0.15, 0.2) is 6.61 Å². The molecule has 2 aromatic rings. The summed E-state index contributed by atoms with van der Waals surface area (Å²) in [4.78, 5) is 25.9. The quantitative estimate of drug-likeness (QED) is 0.865. The molecule has 0 saturated heterocycles. The number of hydrogen-bond donors (Lipinski definition) is 1. The number of aryl methyl sites for hydroxylation is 1. The molecule has 3 rings (SSSR count). The van der Waals surface area contributed by atoms with Gasteiger partial charge in [-0.15, -0.1) is 0 Å². The second kappa shape index (κ2) is 7.91. The van der Waals surface area contributed by atoms with Crippen molar-refractivity contribution < 1.29 is 19.1 Å². The molecule has 2 amide bonds. The van der Waals surface area contributed by atoms with Crippen molar-refractivity contribution in [1.82, 2.24) is 5.32 Å². The molecule has 0 aromatic heterocycles. The van der Waals surface area contributed by atoms with Gasteiger partial charge < -0.3 is 19.7 Å². The molecular weight excluding hydrogens is 332 g/mol. The number of fused-ring (bicyclic) bond motifs is 1. The fraction of sp³-hybridized carbons (Fsp3) is 0.300. The van der Waals surface area contributed by atoms with Crippen LogP contribution >= 0.6 is 0 Å². The highest BCUT2D eigenvalue weighted by Gasteiger charge is 2.25. The Balaban J connectivity index is 1.55. The number of anilines is 1. The Bertz CT molecular complexity index is 819. The minimum atomic E-state index is -0.139. The summed E-state index contributed by atoms with van der Waals surface area (Å²) >= 11 is 0. The Morgan fingerprint density at radius 1 is 1.27 bits per heavy atom. The van der Waals surface area contributed by atoms with Gasteiger partial charge in [0.1, 0.15) is 11.5 Å². The number of benzene rings is 2. The van der Waals surface area contributed by atoms with Crippen molar-refractivity contribution in [3.8, 4) is 11.5 Å². The lowest BCUT2D eigenvalue weighted by Gasteiger charge is -2.29. The lowest BCUT2D eigenvalue weighted by atomic mass is 10.1. The lowest BCUT2D eigenvalue weighted by molar-refractivity contribution is -0.122. The summed E-state index contributed by atoms with van der Waals surface area (Å²) in [6.07, 6.45) is 0.225. The molecule has 1 N–H and O–H groups in total. The number of carbonyl (C=O) groups is 2. The Morgan fingerprint density at radius 3 is 2.88 bits per heavy atom. The van der Waals surface area contributed by atoms with Gasteiger partial charge in [0.05, 0.1) is 12.8 Å². The van der Waals surface area contributed by atoms with Crippen LogP contribution in [0.2, 0.25) is 0 Å². The van der Waals surface area contributed by atoms with Gasteiger partial charge in [0.2, 0.25) is 5.91 Å². The van der Waals surface area contributed by atoms with Gasteiger partial charge in [-0.1, -0.05) is 24.3 Å². The first-order chi connectivity index (χ1) is 12.6. The number of hydrogen-bond acceptors (Lipinski definition) is 4. The van der Waals surface area contributed by atoms with Crippen LogP contribution in [0.1, 0.15) is 17.5 Å². The monoisotopic (exact) mass is 354 g/mol. The van der Waals surface area contributed by atoms with Gasteiger partial charge in [-0.3, -0.25) is 9.59 Å². The number of amides is 2. The van der Waals surface area contributed by atoms with Gasteiger partial charge in [0, 0.05) is 19.5 Å². The lowest BCUT2D eigenvalue weighted by Crippen LogP contribution is -2.41. The van der Waals surface area contributed by atoms with Gasteiger partial charge in [-0.25, -0.2) is 0 Å². The molecular formula is C20H22N2O4. The van der Waals surface area contributed by atoms with Crippen molar-refractivity contribution in [3.63, 3.8) is 0 Å². The predicted molar refractivity (Wildman–Crippen MR) is 98.5 cm³/mol. The average Bonchev–Trinajstić information content (AvgIpc) is 2.66. The maximum absolute atomic E-state index is 12.2. The summed E-state index contributed by atoms with van der Waals surface area (Å²) < 4.78 is 10.7. The molecule has 1 aliphatic heterocycles. The number of ether oxygens (including phenoxy) is 2. The summed E-state index contributed by atoms with van der Waals surface area (Å²) in [7, 11) is 1.63. The van der Waals surface area contributed by atoms with E-state index >= 15 is 0 Å². The van der Waals surface area contributed by atoms with E-state index in [9.17, 15) is 9.59 Å². The zero-order chi connectivity index (χ0) is 18.5. The molecule has 6 nitrogen and oxygen atoms in total. The number of methoxy groups -OCH3 is 1. The Morgan fingerprint density at radius 2 is 2.08 bits per heavy atom. The fourth-order valence-corrected chi connectivity index (χ4v) is 2.88. The van der Waals surface area contributed by atoms with Crippen molar-refractivity contribution in [2.75, 3.05) is 25.2 Å². The summed E-state index contributed by atoms with van der Waals surface area (Å²) in [5.74, 6) is 1.22. The van der Waals surface area contributed by atoms with Crippen LogP contribution in [0.4, 0.5) is 5.69 Å². The second-order valence-electron chi connectivity index (χ2n) is 6.13. The summed E-state index contributed by atoms with van der Waals surface area (Å²) in [5.41, 5.74) is 2.72. The molecule has 0 spiro atoms. The molecule has 136 valence electrons. The molecule has 0 aliphatic carbocycles. The Labute approximate surface area is 152 Å². The third-order valence-electron chi connectivity index (χ3n) is 4.33. The van der Waals surface area contributed by atoms with Crippen LogP contribution in [0.15, 0.2) is 42.5 Å². The van der Waals surface area contributed by atoms with E-state index in [2.05, 4.69) is 5.32 Å². The Kier molecular flexibility index (Phi) is 5.41. The van der Waals surface area contributed by atoms with Crippen LogP contribution in [0.5, 0.6) is 11.5 Å². The SMILES string of the molecule is COc1cc(CNC(=O)CCN2C(=O)COc3ccccc32)ccc1C. The van der Waals surface area contributed by atoms with E-state index in [1.165, 1.54) is 0 Å². The van der Waals surface area contributed by atoms with Crippen LogP contribution in [0.25, 0.3) is 0 Å².